The quantitative estimate of drug-likeness (QED) is 0.770. The Kier molecular flexibility index (Phi) is 4.37. The van der Waals surface area contributed by atoms with Crippen LogP contribution in [0.5, 0.6) is 0 Å². The van der Waals surface area contributed by atoms with Gasteiger partial charge in [0.05, 0.1) is 17.5 Å². The van der Waals surface area contributed by atoms with Crippen molar-refractivity contribution in [2.24, 2.45) is 5.73 Å². The number of anilines is 1. The highest BCUT2D eigenvalue weighted by atomic mass is 16.2. The van der Waals surface area contributed by atoms with E-state index < -0.39 is 5.91 Å². The molecule has 0 aliphatic heterocycles. The lowest BCUT2D eigenvalue weighted by atomic mass is 10.1. The number of hydrogen-bond donors (Lipinski definition) is 1. The van der Waals surface area contributed by atoms with E-state index in [-0.39, 0.29) is 11.5 Å². The first-order valence-electron chi connectivity index (χ1n) is 7.93. The largest absolute Gasteiger partial charge is 0.365 e. The first kappa shape index (κ1) is 17.1. The molecule has 0 bridgehead atoms. The highest BCUT2D eigenvalue weighted by molar-refractivity contribution is 5.99. The fourth-order valence-corrected chi connectivity index (χ4v) is 2.85. The summed E-state index contributed by atoms with van der Waals surface area (Å²) in [6.07, 6.45) is 2.73. The van der Waals surface area contributed by atoms with Crippen LogP contribution >= 0.6 is 0 Å². The number of nitrogens with zero attached hydrogens (tertiary/aromatic N) is 5. The van der Waals surface area contributed by atoms with Crippen molar-refractivity contribution < 1.29 is 9.59 Å². The molecule has 0 aliphatic carbocycles. The number of carbonyl (C=O) groups excluding carboxylic acids is 2. The van der Waals surface area contributed by atoms with Crippen molar-refractivity contribution >= 4 is 23.1 Å². The number of amides is 2. The number of nitrogens with two attached hydrogens (primary N) is 1. The lowest BCUT2D eigenvalue weighted by Crippen LogP contribution is -2.27. The molecule has 0 fully saturated rings. The van der Waals surface area contributed by atoms with E-state index >= 15 is 0 Å². The Balaban J connectivity index is 2.19. The van der Waals surface area contributed by atoms with Gasteiger partial charge in [0, 0.05) is 30.9 Å². The third kappa shape index (κ3) is 2.75. The van der Waals surface area contributed by atoms with Gasteiger partial charge in [-0.05, 0) is 19.1 Å². The van der Waals surface area contributed by atoms with Gasteiger partial charge in [-0.3, -0.25) is 9.59 Å². The number of benzene rings is 1. The molecule has 26 heavy (non-hydrogen) atoms. The summed E-state index contributed by atoms with van der Waals surface area (Å²) in [6.45, 7) is 3.94. The van der Waals surface area contributed by atoms with Crippen LogP contribution in [0.15, 0.2) is 36.7 Å². The molecule has 8 heteroatoms. The van der Waals surface area contributed by atoms with Gasteiger partial charge in [0.25, 0.3) is 5.91 Å². The lowest BCUT2D eigenvalue weighted by molar-refractivity contribution is -0.116. The van der Waals surface area contributed by atoms with Gasteiger partial charge in [0.15, 0.2) is 5.65 Å². The molecule has 2 amide bonds. The van der Waals surface area contributed by atoms with Gasteiger partial charge < -0.3 is 10.6 Å². The van der Waals surface area contributed by atoms with Gasteiger partial charge in [0.2, 0.25) is 5.91 Å². The smallest absolute Gasteiger partial charge is 0.252 e. The van der Waals surface area contributed by atoms with Gasteiger partial charge in [-0.15, -0.1) is 0 Å². The Morgan fingerprint density at radius 3 is 2.50 bits per heavy atom. The first-order valence-corrected chi connectivity index (χ1v) is 7.93. The van der Waals surface area contributed by atoms with E-state index in [1.54, 1.807) is 29.2 Å². The molecule has 0 saturated heterocycles. The standard InChI is InChI=1S/C18H16N6O2/c1-3-23(11(2)25)14-6-4-12(5-7-14)16-15(17(20)26)10-21-18-13(8-19)9-22-24(16)18/h4-7,9-10H,3H2,1-2H3,(H2,20,26). The van der Waals surface area contributed by atoms with Crippen LogP contribution in [-0.2, 0) is 4.79 Å². The second-order valence-electron chi connectivity index (χ2n) is 5.60. The summed E-state index contributed by atoms with van der Waals surface area (Å²) in [5.41, 5.74) is 8.17. The highest BCUT2D eigenvalue weighted by Gasteiger charge is 2.18. The van der Waals surface area contributed by atoms with E-state index in [4.69, 9.17) is 11.0 Å². The van der Waals surface area contributed by atoms with Crippen molar-refractivity contribution in [3.05, 3.63) is 47.8 Å². The summed E-state index contributed by atoms with van der Waals surface area (Å²) in [5, 5.41) is 13.3. The zero-order valence-corrected chi connectivity index (χ0v) is 14.3. The molecule has 2 aromatic heterocycles. The molecule has 0 radical (unpaired) electrons. The number of primary amides is 1. The molecule has 0 atom stereocenters. The fraction of sp³-hybridized carbons (Fsp3) is 0.167. The second-order valence-corrected chi connectivity index (χ2v) is 5.60. The van der Waals surface area contributed by atoms with E-state index in [0.717, 1.165) is 5.69 Å². The van der Waals surface area contributed by atoms with E-state index in [1.807, 2.05) is 13.0 Å². The molecule has 0 aliphatic rings. The van der Waals surface area contributed by atoms with E-state index in [1.165, 1.54) is 23.8 Å². The number of fused-ring (bicyclic) bond motifs is 1. The third-order valence-corrected chi connectivity index (χ3v) is 4.06. The van der Waals surface area contributed by atoms with Crippen molar-refractivity contribution in [2.75, 3.05) is 11.4 Å². The number of hydrogen-bond acceptors (Lipinski definition) is 5. The van der Waals surface area contributed by atoms with E-state index in [0.29, 0.717) is 29.0 Å². The predicted octanol–water partition coefficient (Wildman–Crippen LogP) is 1.74. The molecule has 2 heterocycles. The third-order valence-electron chi connectivity index (χ3n) is 4.06. The number of rotatable bonds is 4. The zero-order valence-electron chi connectivity index (χ0n) is 14.3. The van der Waals surface area contributed by atoms with Gasteiger partial charge in [-0.25, -0.2) is 9.50 Å². The predicted molar refractivity (Wildman–Crippen MR) is 95.4 cm³/mol. The summed E-state index contributed by atoms with van der Waals surface area (Å²) in [4.78, 5) is 29.3. The zero-order chi connectivity index (χ0) is 18.8. The van der Waals surface area contributed by atoms with Crippen LogP contribution in [0, 0.1) is 11.3 Å². The van der Waals surface area contributed by atoms with E-state index in [2.05, 4.69) is 10.1 Å². The molecule has 0 spiro atoms. The monoisotopic (exact) mass is 348 g/mol. The maximum Gasteiger partial charge on any atom is 0.252 e. The Bertz CT molecular complexity index is 1050. The lowest BCUT2D eigenvalue weighted by Gasteiger charge is -2.19. The minimum Gasteiger partial charge on any atom is -0.365 e. The van der Waals surface area contributed by atoms with Crippen LogP contribution in [0.4, 0.5) is 5.69 Å². The Hall–Kier alpha value is -3.73. The molecular weight excluding hydrogens is 332 g/mol. The number of carbonyl (C=O) groups is 2. The number of nitriles is 1. The van der Waals surface area contributed by atoms with Gasteiger partial charge >= 0.3 is 0 Å². The summed E-state index contributed by atoms with van der Waals surface area (Å²) in [6, 6.07) is 9.13. The fourth-order valence-electron chi connectivity index (χ4n) is 2.85. The van der Waals surface area contributed by atoms with Gasteiger partial charge in [-0.2, -0.15) is 10.4 Å². The van der Waals surface area contributed by atoms with Crippen LogP contribution in [0.25, 0.3) is 16.9 Å². The molecule has 0 unspecified atom stereocenters. The Morgan fingerprint density at radius 2 is 1.96 bits per heavy atom. The van der Waals surface area contributed by atoms with Crippen LogP contribution < -0.4 is 10.6 Å². The summed E-state index contributed by atoms with van der Waals surface area (Å²) in [7, 11) is 0. The average Bonchev–Trinajstić information content (AvgIpc) is 3.05. The maximum absolute atomic E-state index is 11.8. The van der Waals surface area contributed by atoms with Crippen LogP contribution in [0.3, 0.4) is 0 Å². The molecule has 0 saturated carbocycles. The average molecular weight is 348 g/mol. The van der Waals surface area contributed by atoms with Crippen LogP contribution in [-0.4, -0.2) is 33.0 Å². The van der Waals surface area contributed by atoms with Crippen molar-refractivity contribution in [1.29, 1.82) is 5.26 Å². The second kappa shape index (κ2) is 6.64. The number of aromatic nitrogens is 3. The molecule has 1 aromatic carbocycles. The van der Waals surface area contributed by atoms with Gasteiger partial charge in [0.1, 0.15) is 11.6 Å². The van der Waals surface area contributed by atoms with E-state index in [9.17, 15) is 9.59 Å². The van der Waals surface area contributed by atoms with Crippen molar-refractivity contribution in [3.63, 3.8) is 0 Å². The Labute approximate surface area is 149 Å². The summed E-state index contributed by atoms with van der Waals surface area (Å²) in [5.74, 6) is -0.707. The molecule has 2 N–H and O–H groups in total. The minimum absolute atomic E-state index is 0.0601. The minimum atomic E-state index is -0.647. The molecule has 130 valence electrons. The SMILES string of the molecule is CCN(C(C)=O)c1ccc(-c2c(C(N)=O)cnc3c(C#N)cnn23)cc1. The first-order chi connectivity index (χ1) is 12.5. The Morgan fingerprint density at radius 1 is 1.27 bits per heavy atom. The normalized spacial score (nSPS) is 10.5. The van der Waals surface area contributed by atoms with Crippen molar-refractivity contribution in [2.45, 2.75) is 13.8 Å². The van der Waals surface area contributed by atoms with Crippen LogP contribution in [0.1, 0.15) is 29.8 Å². The van der Waals surface area contributed by atoms with Crippen molar-refractivity contribution in [3.8, 4) is 17.3 Å². The van der Waals surface area contributed by atoms with Gasteiger partial charge in [-0.1, -0.05) is 12.1 Å². The molecule has 8 nitrogen and oxygen atoms in total. The topological polar surface area (TPSA) is 117 Å². The highest BCUT2D eigenvalue weighted by Crippen LogP contribution is 2.27. The maximum atomic E-state index is 11.8. The molecule has 3 rings (SSSR count). The molecule has 3 aromatic rings. The van der Waals surface area contributed by atoms with Crippen molar-refractivity contribution in [1.82, 2.24) is 14.6 Å². The summed E-state index contributed by atoms with van der Waals surface area (Å²) >= 11 is 0. The van der Waals surface area contributed by atoms with Crippen LogP contribution in [0.2, 0.25) is 0 Å². The summed E-state index contributed by atoms with van der Waals surface area (Å²) < 4.78 is 1.43. The molecular formula is C18H16N6O2.